The molecule has 1 aromatic carbocycles. The summed E-state index contributed by atoms with van der Waals surface area (Å²) in [5.74, 6) is 0.151. The summed E-state index contributed by atoms with van der Waals surface area (Å²) in [6.07, 6.45) is 3.29. The number of nitrogens with one attached hydrogen (secondary N) is 2. The van der Waals surface area contributed by atoms with Gasteiger partial charge in [-0.3, -0.25) is 14.7 Å². The summed E-state index contributed by atoms with van der Waals surface area (Å²) in [6, 6.07) is 11.6. The fourth-order valence-electron chi connectivity index (χ4n) is 1.92. The quantitative estimate of drug-likeness (QED) is 0.763. The third kappa shape index (κ3) is 3.19. The molecule has 0 aliphatic carbocycles. The summed E-state index contributed by atoms with van der Waals surface area (Å²) in [6.45, 7) is 0.595. The number of benzene rings is 1. The third-order valence-electron chi connectivity index (χ3n) is 2.93. The summed E-state index contributed by atoms with van der Waals surface area (Å²) < 4.78 is 2.60. The first kappa shape index (κ1) is 13.6. The second kappa shape index (κ2) is 5.92. The molecule has 0 aliphatic heterocycles. The van der Waals surface area contributed by atoms with E-state index in [2.05, 4.69) is 36.4 Å². The normalized spacial score (nSPS) is 10.5. The zero-order valence-corrected chi connectivity index (χ0v) is 12.5. The van der Waals surface area contributed by atoms with Crippen LogP contribution in [0, 0.1) is 0 Å². The van der Waals surface area contributed by atoms with E-state index in [1.807, 2.05) is 30.3 Å². The van der Waals surface area contributed by atoms with Crippen LogP contribution in [-0.2, 0) is 6.54 Å². The smallest absolute Gasteiger partial charge is 0.274 e. The fraction of sp³-hybridized carbons (Fsp3) is 0.0714. The Bertz CT molecular complexity index is 750. The van der Waals surface area contributed by atoms with Gasteiger partial charge in [0.05, 0.1) is 6.54 Å². The lowest BCUT2D eigenvalue weighted by Gasteiger charge is -2.07. The van der Waals surface area contributed by atoms with Crippen LogP contribution >= 0.6 is 15.9 Å². The van der Waals surface area contributed by atoms with Crippen LogP contribution in [0.15, 0.2) is 53.4 Å². The molecule has 3 rings (SSSR count). The predicted octanol–water partition coefficient (Wildman–Crippen LogP) is 2.67. The first-order chi connectivity index (χ1) is 10.2. The molecule has 0 saturated carbocycles. The standard InChI is InChI=1S/C14H12BrN5O/c15-11-6-12(16-7-11)13(21)18-14-19-17-9-20(14)8-10-4-2-1-3-5-10/h1-7,9,16H,8H2,(H,18,19,21). The lowest BCUT2D eigenvalue weighted by molar-refractivity contribution is 0.102. The van der Waals surface area contributed by atoms with Crippen LogP contribution in [0.2, 0.25) is 0 Å². The monoisotopic (exact) mass is 345 g/mol. The highest BCUT2D eigenvalue weighted by molar-refractivity contribution is 9.10. The van der Waals surface area contributed by atoms with E-state index in [9.17, 15) is 4.79 Å². The first-order valence-corrected chi connectivity index (χ1v) is 7.08. The van der Waals surface area contributed by atoms with E-state index in [4.69, 9.17) is 0 Å². The highest BCUT2D eigenvalue weighted by Gasteiger charge is 2.12. The minimum Gasteiger partial charge on any atom is -0.356 e. The van der Waals surface area contributed by atoms with Gasteiger partial charge in [-0.1, -0.05) is 30.3 Å². The SMILES string of the molecule is O=C(Nc1nncn1Cc1ccccc1)c1cc(Br)c[nH]1. The number of hydrogen-bond donors (Lipinski definition) is 2. The highest BCUT2D eigenvalue weighted by atomic mass is 79.9. The van der Waals surface area contributed by atoms with E-state index in [1.165, 1.54) is 0 Å². The van der Waals surface area contributed by atoms with Crippen molar-refractivity contribution >= 4 is 27.8 Å². The maximum atomic E-state index is 12.1. The van der Waals surface area contributed by atoms with Crippen LogP contribution in [0.5, 0.6) is 0 Å². The molecule has 0 saturated heterocycles. The van der Waals surface area contributed by atoms with Gasteiger partial charge in [-0.05, 0) is 27.6 Å². The fourth-order valence-corrected chi connectivity index (χ4v) is 2.26. The van der Waals surface area contributed by atoms with Crippen molar-refractivity contribution < 1.29 is 4.79 Å². The van der Waals surface area contributed by atoms with E-state index in [-0.39, 0.29) is 5.91 Å². The average Bonchev–Trinajstić information content (AvgIpc) is 3.10. The lowest BCUT2D eigenvalue weighted by atomic mass is 10.2. The van der Waals surface area contributed by atoms with Gasteiger partial charge in [-0.25, -0.2) is 0 Å². The molecule has 0 atom stereocenters. The third-order valence-corrected chi connectivity index (χ3v) is 3.39. The van der Waals surface area contributed by atoms with Gasteiger partial charge in [0.1, 0.15) is 12.0 Å². The Labute approximate surface area is 129 Å². The van der Waals surface area contributed by atoms with Gasteiger partial charge in [-0.2, -0.15) is 0 Å². The Kier molecular flexibility index (Phi) is 3.83. The molecule has 21 heavy (non-hydrogen) atoms. The molecule has 1 amide bonds. The maximum absolute atomic E-state index is 12.1. The Morgan fingerprint density at radius 2 is 2.14 bits per heavy atom. The molecule has 7 heteroatoms. The molecule has 0 bridgehead atoms. The zero-order chi connectivity index (χ0) is 14.7. The van der Waals surface area contributed by atoms with E-state index < -0.39 is 0 Å². The van der Waals surface area contributed by atoms with E-state index in [0.717, 1.165) is 10.0 Å². The number of hydrogen-bond acceptors (Lipinski definition) is 3. The van der Waals surface area contributed by atoms with E-state index in [1.54, 1.807) is 23.2 Å². The number of aromatic nitrogens is 4. The molecule has 0 spiro atoms. The number of anilines is 1. The van der Waals surface area contributed by atoms with Gasteiger partial charge in [0.25, 0.3) is 5.91 Å². The minimum absolute atomic E-state index is 0.261. The molecule has 6 nitrogen and oxygen atoms in total. The van der Waals surface area contributed by atoms with E-state index >= 15 is 0 Å². The van der Waals surface area contributed by atoms with Crippen molar-refractivity contribution in [1.82, 2.24) is 19.7 Å². The minimum atomic E-state index is -0.261. The summed E-state index contributed by atoms with van der Waals surface area (Å²) in [5, 5.41) is 10.5. The van der Waals surface area contributed by atoms with Crippen molar-refractivity contribution in [1.29, 1.82) is 0 Å². The molecule has 106 valence electrons. The van der Waals surface area contributed by atoms with Crippen LogP contribution in [0.1, 0.15) is 16.1 Å². The summed E-state index contributed by atoms with van der Waals surface area (Å²) >= 11 is 3.29. The van der Waals surface area contributed by atoms with Crippen molar-refractivity contribution in [3.63, 3.8) is 0 Å². The topological polar surface area (TPSA) is 75.6 Å². The van der Waals surface area contributed by atoms with Crippen LogP contribution in [0.4, 0.5) is 5.95 Å². The van der Waals surface area contributed by atoms with Gasteiger partial charge >= 0.3 is 0 Å². The molecule has 0 unspecified atom stereocenters. The number of carbonyl (C=O) groups excluding carboxylic acids is 1. The van der Waals surface area contributed by atoms with Gasteiger partial charge in [-0.15, -0.1) is 10.2 Å². The molecule has 2 aromatic heterocycles. The van der Waals surface area contributed by atoms with Crippen molar-refractivity contribution in [3.05, 3.63) is 64.7 Å². The molecule has 2 N–H and O–H groups in total. The van der Waals surface area contributed by atoms with Crippen molar-refractivity contribution in [3.8, 4) is 0 Å². The average molecular weight is 346 g/mol. The Balaban J connectivity index is 1.75. The first-order valence-electron chi connectivity index (χ1n) is 6.29. The number of amides is 1. The Hall–Kier alpha value is -2.41. The van der Waals surface area contributed by atoms with Crippen LogP contribution < -0.4 is 5.32 Å². The van der Waals surface area contributed by atoms with E-state index in [0.29, 0.717) is 18.2 Å². The highest BCUT2D eigenvalue weighted by Crippen LogP contribution is 2.13. The Morgan fingerprint density at radius 1 is 1.33 bits per heavy atom. The number of H-pyrrole nitrogens is 1. The summed E-state index contributed by atoms with van der Waals surface area (Å²) in [5.41, 5.74) is 1.56. The molecule has 2 heterocycles. The van der Waals surface area contributed by atoms with Crippen LogP contribution in [0.3, 0.4) is 0 Å². The largest absolute Gasteiger partial charge is 0.356 e. The second-order valence-corrected chi connectivity index (χ2v) is 5.37. The second-order valence-electron chi connectivity index (χ2n) is 4.45. The zero-order valence-electron chi connectivity index (χ0n) is 11.0. The molecular weight excluding hydrogens is 334 g/mol. The number of nitrogens with zero attached hydrogens (tertiary/aromatic N) is 3. The van der Waals surface area contributed by atoms with Gasteiger partial charge in [0.15, 0.2) is 0 Å². The van der Waals surface area contributed by atoms with Crippen molar-refractivity contribution in [2.24, 2.45) is 0 Å². The maximum Gasteiger partial charge on any atom is 0.274 e. The van der Waals surface area contributed by atoms with Crippen LogP contribution in [0.25, 0.3) is 0 Å². The summed E-state index contributed by atoms with van der Waals surface area (Å²) in [4.78, 5) is 15.0. The number of rotatable bonds is 4. The van der Waals surface area contributed by atoms with Gasteiger partial charge in [0.2, 0.25) is 5.95 Å². The predicted molar refractivity (Wildman–Crippen MR) is 82.0 cm³/mol. The summed E-state index contributed by atoms with van der Waals surface area (Å²) in [7, 11) is 0. The Morgan fingerprint density at radius 3 is 2.86 bits per heavy atom. The van der Waals surface area contributed by atoms with Gasteiger partial charge in [0, 0.05) is 10.7 Å². The van der Waals surface area contributed by atoms with Gasteiger partial charge < -0.3 is 4.98 Å². The number of aromatic amines is 1. The number of carbonyl (C=O) groups is 1. The molecule has 0 radical (unpaired) electrons. The van der Waals surface area contributed by atoms with Crippen LogP contribution in [-0.4, -0.2) is 25.7 Å². The molecular formula is C14H12BrN5O. The number of halogens is 1. The molecule has 0 aliphatic rings. The van der Waals surface area contributed by atoms with Crippen molar-refractivity contribution in [2.75, 3.05) is 5.32 Å². The van der Waals surface area contributed by atoms with Crippen molar-refractivity contribution in [2.45, 2.75) is 6.54 Å². The lowest BCUT2D eigenvalue weighted by Crippen LogP contribution is -2.16. The molecule has 3 aromatic rings. The molecule has 0 fully saturated rings.